The van der Waals surface area contributed by atoms with Crippen molar-refractivity contribution in [2.75, 3.05) is 13.1 Å². The van der Waals surface area contributed by atoms with E-state index in [1.54, 1.807) is 6.07 Å². The molecular formula is C13H17Cl2N. The largest absolute Gasteiger partial charge is 0.316 e. The predicted molar refractivity (Wildman–Crippen MR) is 70.3 cm³/mol. The molecule has 2 aliphatic rings. The second kappa shape index (κ2) is 4.56. The minimum atomic E-state index is 0.613. The summed E-state index contributed by atoms with van der Waals surface area (Å²) in [4.78, 5) is 0. The summed E-state index contributed by atoms with van der Waals surface area (Å²) >= 11 is 11.3. The lowest BCUT2D eigenvalue weighted by Gasteiger charge is -1.97. The number of hydrogen-bond donors (Lipinski definition) is 1. The van der Waals surface area contributed by atoms with Crippen molar-refractivity contribution in [1.82, 2.24) is 5.32 Å². The number of halogens is 2. The standard InChI is InChI=1S/C7H6Cl2.C6H11N/c1-5-2-3-6(8)7(9)4-5;1-6-2-5(6)3-7-4-6/h2-4H,1H3;5,7H,2-4H2,1H3. The molecule has 16 heavy (non-hydrogen) atoms. The molecule has 1 N–H and O–H groups in total. The van der Waals surface area contributed by atoms with Crippen LogP contribution in [0.15, 0.2) is 18.2 Å². The highest BCUT2D eigenvalue weighted by Crippen LogP contribution is 2.54. The van der Waals surface area contributed by atoms with Crippen molar-refractivity contribution in [1.29, 1.82) is 0 Å². The van der Waals surface area contributed by atoms with E-state index in [0.29, 0.717) is 10.0 Å². The molecule has 1 nitrogen and oxygen atoms in total. The highest BCUT2D eigenvalue weighted by molar-refractivity contribution is 6.41. The average Bonchev–Trinajstić information content (AvgIpc) is 2.73. The molecule has 0 bridgehead atoms. The highest BCUT2D eigenvalue weighted by atomic mass is 35.5. The Bertz CT molecular complexity index is 390. The van der Waals surface area contributed by atoms with Crippen molar-refractivity contribution < 1.29 is 0 Å². The van der Waals surface area contributed by atoms with Gasteiger partial charge < -0.3 is 5.32 Å². The van der Waals surface area contributed by atoms with Gasteiger partial charge in [0.2, 0.25) is 0 Å². The van der Waals surface area contributed by atoms with E-state index in [1.807, 2.05) is 19.1 Å². The monoisotopic (exact) mass is 257 g/mol. The van der Waals surface area contributed by atoms with Crippen LogP contribution in [0.3, 0.4) is 0 Å². The number of benzene rings is 1. The van der Waals surface area contributed by atoms with Gasteiger partial charge in [-0.3, -0.25) is 0 Å². The van der Waals surface area contributed by atoms with E-state index in [2.05, 4.69) is 12.2 Å². The summed E-state index contributed by atoms with van der Waals surface area (Å²) in [5.74, 6) is 1.05. The van der Waals surface area contributed by atoms with Crippen molar-refractivity contribution in [3.8, 4) is 0 Å². The molecule has 1 heterocycles. The van der Waals surface area contributed by atoms with Crippen LogP contribution >= 0.6 is 23.2 Å². The number of piperidine rings is 1. The van der Waals surface area contributed by atoms with E-state index in [9.17, 15) is 0 Å². The number of hydrogen-bond acceptors (Lipinski definition) is 1. The first-order valence-electron chi connectivity index (χ1n) is 5.64. The van der Waals surface area contributed by atoms with Crippen LogP contribution in [0.1, 0.15) is 18.9 Å². The van der Waals surface area contributed by atoms with Crippen LogP contribution < -0.4 is 5.32 Å². The second-order valence-electron chi connectivity index (χ2n) is 5.10. The molecule has 0 spiro atoms. The quantitative estimate of drug-likeness (QED) is 0.743. The van der Waals surface area contributed by atoms with Gasteiger partial charge in [-0.2, -0.15) is 0 Å². The molecule has 2 unspecified atom stereocenters. The first-order valence-corrected chi connectivity index (χ1v) is 6.39. The zero-order valence-corrected chi connectivity index (χ0v) is 11.2. The predicted octanol–water partition coefficient (Wildman–Crippen LogP) is 3.92. The maximum absolute atomic E-state index is 5.68. The summed E-state index contributed by atoms with van der Waals surface area (Å²) in [7, 11) is 0. The third-order valence-corrected chi connectivity index (χ3v) is 4.27. The van der Waals surface area contributed by atoms with Crippen molar-refractivity contribution in [3.05, 3.63) is 33.8 Å². The van der Waals surface area contributed by atoms with Gasteiger partial charge in [-0.25, -0.2) is 0 Å². The van der Waals surface area contributed by atoms with E-state index in [4.69, 9.17) is 23.2 Å². The van der Waals surface area contributed by atoms with Crippen molar-refractivity contribution in [3.63, 3.8) is 0 Å². The van der Waals surface area contributed by atoms with E-state index in [1.165, 1.54) is 19.5 Å². The zero-order chi connectivity index (χ0) is 11.8. The van der Waals surface area contributed by atoms with Crippen LogP contribution in [-0.4, -0.2) is 13.1 Å². The number of fused-ring (bicyclic) bond motifs is 1. The lowest BCUT2D eigenvalue weighted by atomic mass is 10.1. The first kappa shape index (κ1) is 12.2. The fourth-order valence-corrected chi connectivity index (χ4v) is 2.52. The Morgan fingerprint density at radius 2 is 2.06 bits per heavy atom. The third kappa shape index (κ3) is 2.71. The van der Waals surface area contributed by atoms with Gasteiger partial charge >= 0.3 is 0 Å². The van der Waals surface area contributed by atoms with Crippen molar-refractivity contribution >= 4 is 23.2 Å². The van der Waals surface area contributed by atoms with Crippen LogP contribution in [-0.2, 0) is 0 Å². The van der Waals surface area contributed by atoms with Crippen molar-refractivity contribution in [2.24, 2.45) is 11.3 Å². The molecule has 0 radical (unpaired) electrons. The lowest BCUT2D eigenvalue weighted by molar-refractivity contribution is 0.576. The number of nitrogens with one attached hydrogen (secondary N) is 1. The summed E-state index contributed by atoms with van der Waals surface area (Å²) < 4.78 is 0. The average molecular weight is 258 g/mol. The van der Waals surface area contributed by atoms with E-state index in [0.717, 1.165) is 16.9 Å². The number of aryl methyl sites for hydroxylation is 1. The summed E-state index contributed by atoms with van der Waals surface area (Å²) in [6.45, 7) is 6.91. The molecule has 1 saturated heterocycles. The topological polar surface area (TPSA) is 12.0 Å². The molecule has 1 aliphatic carbocycles. The maximum Gasteiger partial charge on any atom is 0.0594 e. The Morgan fingerprint density at radius 3 is 2.38 bits per heavy atom. The molecule has 1 aliphatic heterocycles. The van der Waals surface area contributed by atoms with E-state index in [-0.39, 0.29) is 0 Å². The fraction of sp³-hybridized carbons (Fsp3) is 0.538. The molecule has 88 valence electrons. The normalized spacial score (nSPS) is 30.4. The molecule has 0 aromatic heterocycles. The second-order valence-corrected chi connectivity index (χ2v) is 5.92. The lowest BCUT2D eigenvalue weighted by Crippen LogP contribution is -2.13. The van der Waals surface area contributed by atoms with Crippen LogP contribution in [0.4, 0.5) is 0 Å². The highest BCUT2D eigenvalue weighted by Gasteiger charge is 2.52. The van der Waals surface area contributed by atoms with Gasteiger partial charge in [-0.05, 0) is 48.9 Å². The fourth-order valence-electron chi connectivity index (χ4n) is 2.17. The Kier molecular flexibility index (Phi) is 3.48. The molecule has 0 amide bonds. The van der Waals surface area contributed by atoms with Crippen molar-refractivity contribution in [2.45, 2.75) is 20.3 Å². The van der Waals surface area contributed by atoms with Crippen LogP contribution in [0, 0.1) is 18.3 Å². The van der Waals surface area contributed by atoms with Gasteiger partial charge in [0.15, 0.2) is 0 Å². The zero-order valence-electron chi connectivity index (χ0n) is 9.69. The third-order valence-electron chi connectivity index (χ3n) is 3.53. The minimum Gasteiger partial charge on any atom is -0.316 e. The minimum absolute atomic E-state index is 0.613. The Morgan fingerprint density at radius 1 is 1.31 bits per heavy atom. The van der Waals surface area contributed by atoms with E-state index < -0.39 is 0 Å². The van der Waals surface area contributed by atoms with Crippen LogP contribution in [0.2, 0.25) is 10.0 Å². The van der Waals surface area contributed by atoms with E-state index >= 15 is 0 Å². The number of rotatable bonds is 0. The Hall–Kier alpha value is -0.240. The Labute approximate surface area is 107 Å². The van der Waals surface area contributed by atoms with Gasteiger partial charge in [-0.15, -0.1) is 0 Å². The summed E-state index contributed by atoms with van der Waals surface area (Å²) in [6.07, 6.45) is 1.49. The van der Waals surface area contributed by atoms with Gasteiger partial charge in [0.25, 0.3) is 0 Å². The van der Waals surface area contributed by atoms with Crippen LogP contribution in [0.5, 0.6) is 0 Å². The maximum atomic E-state index is 5.68. The molecular weight excluding hydrogens is 241 g/mol. The Balaban J connectivity index is 0.000000123. The van der Waals surface area contributed by atoms with Crippen LogP contribution in [0.25, 0.3) is 0 Å². The molecule has 1 saturated carbocycles. The van der Waals surface area contributed by atoms with Gasteiger partial charge in [0.1, 0.15) is 0 Å². The molecule has 3 rings (SSSR count). The van der Waals surface area contributed by atoms with Gasteiger partial charge in [0, 0.05) is 6.54 Å². The molecule has 1 aromatic rings. The first-order chi connectivity index (χ1) is 7.51. The smallest absolute Gasteiger partial charge is 0.0594 e. The summed E-state index contributed by atoms with van der Waals surface area (Å²) in [5.41, 5.74) is 1.88. The molecule has 2 fully saturated rings. The summed E-state index contributed by atoms with van der Waals surface area (Å²) in [5, 5.41) is 4.60. The summed E-state index contributed by atoms with van der Waals surface area (Å²) in [6, 6.07) is 5.55. The molecule has 2 atom stereocenters. The van der Waals surface area contributed by atoms with Gasteiger partial charge in [0.05, 0.1) is 10.0 Å². The van der Waals surface area contributed by atoms with Gasteiger partial charge in [-0.1, -0.05) is 36.2 Å². The molecule has 1 aromatic carbocycles. The molecule has 3 heteroatoms. The SMILES string of the molecule is CC12CNCC1C2.Cc1ccc(Cl)c(Cl)c1.